The number of thiophene rings is 1. The molecule has 2 heterocycles. The Morgan fingerprint density at radius 2 is 2.19 bits per heavy atom. The van der Waals surface area contributed by atoms with Crippen LogP contribution < -0.4 is 5.56 Å². The van der Waals surface area contributed by atoms with Gasteiger partial charge in [-0.05, 0) is 49.5 Å². The van der Waals surface area contributed by atoms with Gasteiger partial charge in [0.05, 0.1) is 17.8 Å². The van der Waals surface area contributed by atoms with Gasteiger partial charge in [-0.25, -0.2) is 4.98 Å². The van der Waals surface area contributed by atoms with Crippen molar-refractivity contribution in [1.82, 2.24) is 9.55 Å². The van der Waals surface area contributed by atoms with E-state index < -0.39 is 0 Å². The minimum absolute atomic E-state index is 0.0820. The van der Waals surface area contributed by atoms with E-state index in [2.05, 4.69) is 25.8 Å². The van der Waals surface area contributed by atoms with E-state index in [-0.39, 0.29) is 29.6 Å². The summed E-state index contributed by atoms with van der Waals surface area (Å²) in [7, 11) is 0. The van der Waals surface area contributed by atoms with Crippen LogP contribution in [-0.4, -0.2) is 21.6 Å². The number of nitrogens with zero attached hydrogens (tertiary/aromatic N) is 2. The average Bonchev–Trinajstić information content (AvgIpc) is 2.94. The molecule has 1 aliphatic rings. The van der Waals surface area contributed by atoms with Gasteiger partial charge in [-0.2, -0.15) is 0 Å². The van der Waals surface area contributed by atoms with E-state index in [1.807, 2.05) is 13.8 Å². The fraction of sp³-hybridized carbons (Fsp3) is 0.650. The van der Waals surface area contributed by atoms with Crippen molar-refractivity contribution in [3.63, 3.8) is 0 Å². The van der Waals surface area contributed by atoms with E-state index in [0.717, 1.165) is 36.1 Å². The Labute approximate surface area is 158 Å². The number of aromatic nitrogens is 2. The van der Waals surface area contributed by atoms with Crippen LogP contribution in [0.2, 0.25) is 0 Å². The highest BCUT2D eigenvalue weighted by molar-refractivity contribution is 7.18. The third-order valence-corrected chi connectivity index (χ3v) is 6.63. The molecule has 3 rings (SSSR count). The predicted molar refractivity (Wildman–Crippen MR) is 105 cm³/mol. The molecule has 0 radical (unpaired) electrons. The third kappa shape index (κ3) is 3.70. The maximum Gasteiger partial charge on any atom is 0.326 e. The van der Waals surface area contributed by atoms with Crippen LogP contribution in [0.15, 0.2) is 11.1 Å². The van der Waals surface area contributed by atoms with Gasteiger partial charge in [-0.15, -0.1) is 11.3 Å². The first-order chi connectivity index (χ1) is 12.2. The quantitative estimate of drug-likeness (QED) is 0.758. The van der Waals surface area contributed by atoms with Gasteiger partial charge in [0.2, 0.25) is 0 Å². The summed E-state index contributed by atoms with van der Waals surface area (Å²) in [6.07, 6.45) is 5.10. The molecule has 0 amide bonds. The minimum atomic E-state index is -0.389. The molecular formula is C20H28N2O3S. The number of fused-ring (bicyclic) bond motifs is 3. The maximum absolute atomic E-state index is 13.0. The molecule has 142 valence electrons. The van der Waals surface area contributed by atoms with E-state index in [4.69, 9.17) is 4.74 Å². The number of rotatable bonds is 4. The number of ether oxygens (including phenoxy) is 1. The van der Waals surface area contributed by atoms with Gasteiger partial charge in [0.15, 0.2) is 0 Å². The normalized spacial score (nSPS) is 18.6. The maximum atomic E-state index is 13.0. The molecule has 0 bridgehead atoms. The summed E-state index contributed by atoms with van der Waals surface area (Å²) in [4.78, 5) is 31.5. The first-order valence-electron chi connectivity index (χ1n) is 9.39. The molecule has 0 spiro atoms. The van der Waals surface area contributed by atoms with Gasteiger partial charge < -0.3 is 4.74 Å². The zero-order valence-corrected chi connectivity index (χ0v) is 17.1. The molecule has 5 nitrogen and oxygen atoms in total. The van der Waals surface area contributed by atoms with Crippen molar-refractivity contribution in [1.29, 1.82) is 0 Å². The van der Waals surface area contributed by atoms with Gasteiger partial charge >= 0.3 is 5.97 Å². The smallest absolute Gasteiger partial charge is 0.326 e. The largest absolute Gasteiger partial charge is 0.461 e. The molecule has 26 heavy (non-hydrogen) atoms. The summed E-state index contributed by atoms with van der Waals surface area (Å²) in [6.45, 7) is 10.6. The lowest BCUT2D eigenvalue weighted by Crippen LogP contribution is -2.28. The van der Waals surface area contributed by atoms with Crippen molar-refractivity contribution in [3.8, 4) is 0 Å². The second-order valence-electron chi connectivity index (χ2n) is 8.38. The standard InChI is InChI=1S/C20H28N2O3S/c1-6-12(2)25-16(23)10-22-11-21-18-17(19(22)24)14-8-7-13(20(3,4)5)9-15(14)26-18/h11-13H,6-10H2,1-5H3/t12-,13+/m0/s1. The fourth-order valence-corrected chi connectivity index (χ4v) is 4.79. The van der Waals surface area contributed by atoms with Crippen LogP contribution in [0, 0.1) is 11.3 Å². The van der Waals surface area contributed by atoms with Crippen LogP contribution in [0.25, 0.3) is 10.2 Å². The number of carbonyl (C=O) groups is 1. The molecule has 2 atom stereocenters. The lowest BCUT2D eigenvalue weighted by molar-refractivity contribution is -0.149. The van der Waals surface area contributed by atoms with Crippen LogP contribution in [0.3, 0.4) is 0 Å². The van der Waals surface area contributed by atoms with Gasteiger partial charge in [0.25, 0.3) is 5.56 Å². The van der Waals surface area contributed by atoms with Crippen LogP contribution in [0.1, 0.15) is 57.9 Å². The molecule has 6 heteroatoms. The highest BCUT2D eigenvalue weighted by Gasteiger charge is 2.31. The summed E-state index contributed by atoms with van der Waals surface area (Å²) in [5.41, 5.74) is 1.29. The summed E-state index contributed by atoms with van der Waals surface area (Å²) < 4.78 is 6.68. The Hall–Kier alpha value is -1.69. The Bertz CT molecular complexity index is 876. The molecule has 2 aromatic heterocycles. The molecule has 0 aromatic carbocycles. The molecule has 0 unspecified atom stereocenters. The lowest BCUT2D eigenvalue weighted by Gasteiger charge is -2.33. The summed E-state index contributed by atoms with van der Waals surface area (Å²) in [5, 5.41) is 0.705. The zero-order valence-electron chi connectivity index (χ0n) is 16.3. The number of hydrogen-bond donors (Lipinski definition) is 0. The van der Waals surface area contributed by atoms with E-state index in [1.54, 1.807) is 11.3 Å². The number of esters is 1. The number of aryl methyl sites for hydroxylation is 1. The molecule has 0 fully saturated rings. The monoisotopic (exact) mass is 376 g/mol. The van der Waals surface area contributed by atoms with Crippen molar-refractivity contribution in [3.05, 3.63) is 27.1 Å². The minimum Gasteiger partial charge on any atom is -0.461 e. The Kier molecular flexibility index (Phi) is 5.24. The summed E-state index contributed by atoms with van der Waals surface area (Å²) in [5.74, 6) is 0.232. The molecule has 0 saturated heterocycles. The summed E-state index contributed by atoms with van der Waals surface area (Å²) in [6, 6.07) is 0. The lowest BCUT2D eigenvalue weighted by atomic mass is 9.72. The topological polar surface area (TPSA) is 61.2 Å². The van der Waals surface area contributed by atoms with Crippen LogP contribution >= 0.6 is 11.3 Å². The van der Waals surface area contributed by atoms with E-state index in [9.17, 15) is 9.59 Å². The molecule has 0 N–H and O–H groups in total. The van der Waals surface area contributed by atoms with Crippen molar-refractivity contribution >= 4 is 27.5 Å². The second kappa shape index (κ2) is 7.14. The van der Waals surface area contributed by atoms with Crippen molar-refractivity contribution in [2.75, 3.05) is 0 Å². The van der Waals surface area contributed by atoms with E-state index in [1.165, 1.54) is 15.8 Å². The van der Waals surface area contributed by atoms with Crippen LogP contribution in [0.4, 0.5) is 0 Å². The molecule has 1 aliphatic carbocycles. The number of carbonyl (C=O) groups excluding carboxylic acids is 1. The third-order valence-electron chi connectivity index (χ3n) is 5.47. The first kappa shape index (κ1) is 19.1. The summed E-state index contributed by atoms with van der Waals surface area (Å²) >= 11 is 1.63. The second-order valence-corrected chi connectivity index (χ2v) is 9.46. The first-order valence-corrected chi connectivity index (χ1v) is 10.2. The zero-order chi connectivity index (χ0) is 19.1. The highest BCUT2D eigenvalue weighted by atomic mass is 32.1. The van der Waals surface area contributed by atoms with Crippen molar-refractivity contribution in [2.24, 2.45) is 11.3 Å². The van der Waals surface area contributed by atoms with Crippen molar-refractivity contribution in [2.45, 2.75) is 73.0 Å². The molecular weight excluding hydrogens is 348 g/mol. The predicted octanol–water partition coefficient (Wildman–Crippen LogP) is 3.95. The van der Waals surface area contributed by atoms with Crippen LogP contribution in [0.5, 0.6) is 0 Å². The van der Waals surface area contributed by atoms with Crippen molar-refractivity contribution < 1.29 is 9.53 Å². The number of hydrogen-bond acceptors (Lipinski definition) is 5. The van der Waals surface area contributed by atoms with E-state index >= 15 is 0 Å². The average molecular weight is 377 g/mol. The van der Waals surface area contributed by atoms with Crippen LogP contribution in [-0.2, 0) is 28.9 Å². The van der Waals surface area contributed by atoms with Gasteiger partial charge in [0, 0.05) is 4.88 Å². The van der Waals surface area contributed by atoms with E-state index in [0.29, 0.717) is 11.3 Å². The fourth-order valence-electron chi connectivity index (χ4n) is 3.54. The van der Waals surface area contributed by atoms with Gasteiger partial charge in [-0.3, -0.25) is 14.2 Å². The Morgan fingerprint density at radius 1 is 1.46 bits per heavy atom. The molecule has 2 aromatic rings. The van der Waals surface area contributed by atoms with Gasteiger partial charge in [-0.1, -0.05) is 27.7 Å². The molecule has 0 aliphatic heterocycles. The molecule has 0 saturated carbocycles. The highest BCUT2D eigenvalue weighted by Crippen LogP contribution is 2.41. The SMILES string of the molecule is CC[C@H](C)OC(=O)Cn1cnc2sc3c(c2c1=O)CC[C@@H](C(C)(C)C)C3. The van der Waals surface area contributed by atoms with Gasteiger partial charge in [0.1, 0.15) is 11.4 Å². The Morgan fingerprint density at radius 3 is 2.85 bits per heavy atom. The Balaban J connectivity index is 1.91.